The molecule has 0 aliphatic rings. The lowest BCUT2D eigenvalue weighted by Gasteiger charge is -2.14. The minimum absolute atomic E-state index is 0.173. The predicted octanol–water partition coefficient (Wildman–Crippen LogP) is 5.46. The molecule has 3 heterocycles. The summed E-state index contributed by atoms with van der Waals surface area (Å²) in [5, 5.41) is 3.60. The van der Waals surface area contributed by atoms with Crippen LogP contribution >= 0.6 is 0 Å². The van der Waals surface area contributed by atoms with E-state index in [0.717, 1.165) is 33.3 Å². The van der Waals surface area contributed by atoms with Crippen molar-refractivity contribution in [3.8, 4) is 5.88 Å². The van der Waals surface area contributed by atoms with Crippen LogP contribution in [0.4, 0.5) is 10.2 Å². The first kappa shape index (κ1) is 23.2. The number of carbonyl (C=O) groups excluding carboxylic acids is 1. The molecular weight excluding hydrogens is 457 g/mol. The number of halogens is 1. The van der Waals surface area contributed by atoms with Gasteiger partial charge in [0.2, 0.25) is 5.88 Å². The summed E-state index contributed by atoms with van der Waals surface area (Å²) in [6, 6.07) is 18.0. The Morgan fingerprint density at radius 2 is 1.81 bits per heavy atom. The van der Waals surface area contributed by atoms with Crippen molar-refractivity contribution in [3.63, 3.8) is 0 Å². The molecule has 0 radical (unpaired) electrons. The average molecular weight is 482 g/mol. The summed E-state index contributed by atoms with van der Waals surface area (Å²) in [6.45, 7) is 4.86. The lowest BCUT2D eigenvalue weighted by Crippen LogP contribution is -2.15. The first-order valence-corrected chi connectivity index (χ1v) is 11.5. The second-order valence-electron chi connectivity index (χ2n) is 8.45. The molecule has 0 unspecified atom stereocenters. The van der Waals surface area contributed by atoms with Crippen molar-refractivity contribution in [2.75, 3.05) is 5.32 Å². The van der Waals surface area contributed by atoms with Crippen LogP contribution in [0, 0.1) is 19.7 Å². The lowest BCUT2D eigenvalue weighted by molar-refractivity contribution is 0.102. The number of aromatic nitrogens is 4. The van der Waals surface area contributed by atoms with Gasteiger partial charge in [0.1, 0.15) is 23.6 Å². The maximum atomic E-state index is 13.4. The van der Waals surface area contributed by atoms with Gasteiger partial charge in [0.15, 0.2) is 5.82 Å². The lowest BCUT2D eigenvalue weighted by atomic mass is 10.1. The van der Waals surface area contributed by atoms with Gasteiger partial charge >= 0.3 is 0 Å². The van der Waals surface area contributed by atoms with E-state index in [4.69, 9.17) is 4.74 Å². The molecule has 0 saturated heterocycles. The molecule has 0 fully saturated rings. The zero-order valence-electron chi connectivity index (χ0n) is 19.9. The fraction of sp³-hybridized carbons (Fsp3) is 0.143. The van der Waals surface area contributed by atoms with Crippen molar-refractivity contribution in [2.45, 2.75) is 27.0 Å². The van der Waals surface area contributed by atoms with E-state index in [-0.39, 0.29) is 18.1 Å². The van der Waals surface area contributed by atoms with Crippen molar-refractivity contribution in [1.82, 2.24) is 19.5 Å². The van der Waals surface area contributed by atoms with Crippen LogP contribution in [0.25, 0.3) is 10.9 Å². The zero-order valence-corrected chi connectivity index (χ0v) is 19.9. The molecule has 0 aliphatic heterocycles. The van der Waals surface area contributed by atoms with Gasteiger partial charge in [-0.2, -0.15) is 0 Å². The molecule has 5 rings (SSSR count). The van der Waals surface area contributed by atoms with Gasteiger partial charge in [-0.15, -0.1) is 0 Å². The van der Waals surface area contributed by atoms with Gasteiger partial charge in [0.05, 0.1) is 6.20 Å². The third kappa shape index (κ3) is 4.79. The Balaban J connectivity index is 1.58. The quantitative estimate of drug-likeness (QED) is 0.334. The molecule has 1 amide bonds. The molecule has 8 heteroatoms. The number of hydrogen-bond donors (Lipinski definition) is 1. The van der Waals surface area contributed by atoms with E-state index >= 15 is 0 Å². The summed E-state index contributed by atoms with van der Waals surface area (Å²) in [6.07, 6.45) is 4.50. The van der Waals surface area contributed by atoms with E-state index < -0.39 is 5.91 Å². The topological polar surface area (TPSA) is 81.9 Å². The van der Waals surface area contributed by atoms with E-state index in [9.17, 15) is 9.18 Å². The number of hydrogen-bond acceptors (Lipinski definition) is 5. The first-order chi connectivity index (χ1) is 17.5. The maximum Gasteiger partial charge on any atom is 0.275 e. The SMILES string of the molecule is Cc1c(C)n(Cc2ccccc2)c2c(OCc3ccc(F)cc3)nc(C(=O)Nc3cnccn3)cc12. The van der Waals surface area contributed by atoms with Gasteiger partial charge < -0.3 is 14.6 Å². The van der Waals surface area contributed by atoms with Crippen molar-refractivity contribution >= 4 is 22.6 Å². The highest BCUT2D eigenvalue weighted by Gasteiger charge is 2.21. The van der Waals surface area contributed by atoms with Gasteiger partial charge in [-0.3, -0.25) is 9.78 Å². The van der Waals surface area contributed by atoms with Crippen molar-refractivity contribution < 1.29 is 13.9 Å². The molecule has 36 heavy (non-hydrogen) atoms. The minimum atomic E-state index is -0.420. The van der Waals surface area contributed by atoms with Crippen LogP contribution in [0.1, 0.15) is 32.9 Å². The smallest absolute Gasteiger partial charge is 0.275 e. The second kappa shape index (κ2) is 9.95. The summed E-state index contributed by atoms with van der Waals surface area (Å²) in [7, 11) is 0. The Morgan fingerprint density at radius 1 is 1.03 bits per heavy atom. The summed E-state index contributed by atoms with van der Waals surface area (Å²) in [5.41, 5.74) is 4.99. The average Bonchev–Trinajstić information content (AvgIpc) is 3.14. The van der Waals surface area contributed by atoms with E-state index in [1.54, 1.807) is 18.2 Å². The highest BCUT2D eigenvalue weighted by Crippen LogP contribution is 2.33. The largest absolute Gasteiger partial charge is 0.471 e. The molecule has 0 spiro atoms. The van der Waals surface area contributed by atoms with Crippen LogP contribution in [0.3, 0.4) is 0 Å². The van der Waals surface area contributed by atoms with Gasteiger partial charge in [-0.05, 0) is 48.7 Å². The molecule has 2 aromatic carbocycles. The fourth-order valence-electron chi connectivity index (χ4n) is 4.08. The maximum absolute atomic E-state index is 13.4. The number of aryl methyl sites for hydroxylation is 1. The van der Waals surface area contributed by atoms with E-state index in [1.807, 2.05) is 32.0 Å². The molecule has 3 aromatic heterocycles. The summed E-state index contributed by atoms with van der Waals surface area (Å²) in [4.78, 5) is 25.8. The van der Waals surface area contributed by atoms with E-state index in [1.165, 1.54) is 30.7 Å². The number of pyridine rings is 1. The molecule has 7 nitrogen and oxygen atoms in total. The molecule has 0 aliphatic carbocycles. The first-order valence-electron chi connectivity index (χ1n) is 11.5. The molecule has 5 aromatic rings. The third-order valence-corrected chi connectivity index (χ3v) is 6.09. The number of ether oxygens (including phenoxy) is 1. The third-order valence-electron chi connectivity index (χ3n) is 6.09. The number of benzene rings is 2. The molecule has 1 N–H and O–H groups in total. The van der Waals surface area contributed by atoms with Crippen LogP contribution in [-0.4, -0.2) is 25.4 Å². The van der Waals surface area contributed by atoms with Crippen molar-refractivity contribution in [1.29, 1.82) is 0 Å². The molecule has 0 saturated carbocycles. The number of amides is 1. The number of anilines is 1. The Labute approximate surface area is 207 Å². The number of nitrogens with one attached hydrogen (secondary N) is 1. The van der Waals surface area contributed by atoms with E-state index in [0.29, 0.717) is 18.2 Å². The van der Waals surface area contributed by atoms with Gasteiger partial charge in [0, 0.05) is 30.0 Å². The Morgan fingerprint density at radius 3 is 2.53 bits per heavy atom. The Kier molecular flexibility index (Phi) is 6.40. The van der Waals surface area contributed by atoms with Crippen molar-refractivity contribution in [2.24, 2.45) is 0 Å². The van der Waals surface area contributed by atoms with Crippen molar-refractivity contribution in [3.05, 3.63) is 113 Å². The Bertz CT molecular complexity index is 1520. The summed E-state index contributed by atoms with van der Waals surface area (Å²) in [5.74, 6) is -0.0807. The normalized spacial score (nSPS) is 11.0. The number of carbonyl (C=O) groups is 1. The highest BCUT2D eigenvalue weighted by molar-refractivity contribution is 6.05. The molecule has 0 bridgehead atoms. The molecule has 0 atom stereocenters. The van der Waals surface area contributed by atoms with Crippen LogP contribution in [0.5, 0.6) is 5.88 Å². The summed E-state index contributed by atoms with van der Waals surface area (Å²) < 4.78 is 21.7. The van der Waals surface area contributed by atoms with Crippen LogP contribution in [0.15, 0.2) is 79.3 Å². The summed E-state index contributed by atoms with van der Waals surface area (Å²) >= 11 is 0. The van der Waals surface area contributed by atoms with Crippen LogP contribution in [0.2, 0.25) is 0 Å². The highest BCUT2D eigenvalue weighted by atomic mass is 19.1. The standard InChI is InChI=1S/C28H24FN5O2/c1-18-19(2)34(16-20-6-4-3-5-7-20)26-23(18)14-24(27(35)33-25-15-30-12-13-31-25)32-28(26)36-17-21-8-10-22(29)11-9-21/h3-15H,16-17H2,1-2H3,(H,31,33,35). The van der Waals surface area contributed by atoms with Gasteiger partial charge in [0.25, 0.3) is 5.91 Å². The Hall–Kier alpha value is -4.59. The molecular formula is C28H24FN5O2. The van der Waals surface area contributed by atoms with Crippen LogP contribution < -0.4 is 10.1 Å². The van der Waals surface area contributed by atoms with E-state index in [2.05, 4.69) is 37.0 Å². The molecule has 180 valence electrons. The monoisotopic (exact) mass is 481 g/mol. The van der Waals surface area contributed by atoms with Gasteiger partial charge in [-0.25, -0.2) is 14.4 Å². The number of fused-ring (bicyclic) bond motifs is 1. The number of nitrogens with zero attached hydrogens (tertiary/aromatic N) is 4. The fourth-order valence-corrected chi connectivity index (χ4v) is 4.08. The van der Waals surface area contributed by atoms with Gasteiger partial charge in [-0.1, -0.05) is 42.5 Å². The predicted molar refractivity (Wildman–Crippen MR) is 135 cm³/mol. The second-order valence-corrected chi connectivity index (χ2v) is 8.45. The zero-order chi connectivity index (χ0) is 25.1. The van der Waals surface area contributed by atoms with Crippen LogP contribution in [-0.2, 0) is 13.2 Å². The number of rotatable bonds is 7. The minimum Gasteiger partial charge on any atom is -0.471 e.